The molecule has 2 N–H and O–H groups in total. The molecule has 0 radical (unpaired) electrons. The molecule has 1 aromatic heterocycles. The van der Waals surface area contributed by atoms with E-state index in [2.05, 4.69) is 25.2 Å². The number of carboxylic acids is 1. The van der Waals surface area contributed by atoms with Crippen LogP contribution < -0.4 is 5.32 Å². The molecule has 2 heterocycles. The van der Waals surface area contributed by atoms with E-state index in [0.29, 0.717) is 32.5 Å². The highest BCUT2D eigenvalue weighted by molar-refractivity contribution is 7.12. The lowest BCUT2D eigenvalue weighted by molar-refractivity contribution is -0.148. The summed E-state index contributed by atoms with van der Waals surface area (Å²) >= 11 is 1.68. The molecule has 116 valence electrons. The standard InChI is InChI=1S/C15H22N2O3S/c1-4-15(13(18)19)5-6-17(9-15)14(20)16-8-12-7-10(2)11(3)21-12/h7H,4-6,8-9H2,1-3H3,(H,16,20)(H,18,19). The van der Waals surface area contributed by atoms with Gasteiger partial charge in [-0.2, -0.15) is 0 Å². The first-order valence-corrected chi connectivity index (χ1v) is 8.01. The molecule has 1 atom stereocenters. The summed E-state index contributed by atoms with van der Waals surface area (Å²) in [4.78, 5) is 27.5. The van der Waals surface area contributed by atoms with Crippen molar-refractivity contribution in [3.63, 3.8) is 0 Å². The molecule has 2 rings (SSSR count). The molecule has 1 aromatic rings. The van der Waals surface area contributed by atoms with Crippen molar-refractivity contribution in [1.82, 2.24) is 10.2 Å². The number of likely N-dealkylation sites (tertiary alicyclic amines) is 1. The van der Waals surface area contributed by atoms with Crippen LogP contribution in [0.2, 0.25) is 0 Å². The summed E-state index contributed by atoms with van der Waals surface area (Å²) in [6.07, 6.45) is 1.08. The Balaban J connectivity index is 1.91. The fourth-order valence-corrected chi connectivity index (χ4v) is 3.66. The lowest BCUT2D eigenvalue weighted by Gasteiger charge is -2.23. The van der Waals surface area contributed by atoms with Crippen molar-refractivity contribution in [3.8, 4) is 0 Å². The first kappa shape index (κ1) is 15.8. The van der Waals surface area contributed by atoms with Gasteiger partial charge in [0.05, 0.1) is 12.0 Å². The van der Waals surface area contributed by atoms with Crippen LogP contribution >= 0.6 is 11.3 Å². The number of urea groups is 1. The van der Waals surface area contributed by atoms with Crippen LogP contribution in [-0.4, -0.2) is 35.1 Å². The van der Waals surface area contributed by atoms with Gasteiger partial charge in [0.2, 0.25) is 0 Å². The number of carbonyl (C=O) groups is 2. The maximum Gasteiger partial charge on any atom is 0.317 e. The van der Waals surface area contributed by atoms with Crippen molar-refractivity contribution in [2.24, 2.45) is 5.41 Å². The lowest BCUT2D eigenvalue weighted by atomic mass is 9.84. The smallest absolute Gasteiger partial charge is 0.317 e. The van der Waals surface area contributed by atoms with E-state index >= 15 is 0 Å². The Kier molecular flexibility index (Phi) is 4.56. The van der Waals surface area contributed by atoms with Gasteiger partial charge in [0.25, 0.3) is 0 Å². The van der Waals surface area contributed by atoms with Crippen LogP contribution in [0.3, 0.4) is 0 Å². The summed E-state index contributed by atoms with van der Waals surface area (Å²) in [6.45, 7) is 7.30. The number of amides is 2. The topological polar surface area (TPSA) is 69.6 Å². The molecule has 1 fully saturated rings. The van der Waals surface area contributed by atoms with Crippen molar-refractivity contribution in [2.75, 3.05) is 13.1 Å². The van der Waals surface area contributed by atoms with Gasteiger partial charge in [0, 0.05) is 22.8 Å². The molecule has 0 saturated carbocycles. The van der Waals surface area contributed by atoms with Gasteiger partial charge in [-0.15, -0.1) is 11.3 Å². The maximum atomic E-state index is 12.2. The van der Waals surface area contributed by atoms with Crippen LogP contribution in [0.4, 0.5) is 4.79 Å². The molecule has 1 aliphatic heterocycles. The van der Waals surface area contributed by atoms with Crippen LogP contribution in [-0.2, 0) is 11.3 Å². The van der Waals surface area contributed by atoms with E-state index in [1.165, 1.54) is 10.4 Å². The fourth-order valence-electron chi connectivity index (χ4n) is 2.67. The predicted octanol–water partition coefficient (Wildman–Crippen LogP) is 2.76. The van der Waals surface area contributed by atoms with E-state index in [1.54, 1.807) is 16.2 Å². The minimum absolute atomic E-state index is 0.171. The number of thiophene rings is 1. The highest BCUT2D eigenvalue weighted by atomic mass is 32.1. The first-order valence-electron chi connectivity index (χ1n) is 7.20. The van der Waals surface area contributed by atoms with Crippen LogP contribution in [0, 0.1) is 19.3 Å². The number of aryl methyl sites for hydroxylation is 2. The highest BCUT2D eigenvalue weighted by Gasteiger charge is 2.44. The maximum absolute atomic E-state index is 12.2. The van der Waals surface area contributed by atoms with Gasteiger partial charge < -0.3 is 15.3 Å². The zero-order chi connectivity index (χ0) is 15.6. The number of hydrogen-bond donors (Lipinski definition) is 2. The van der Waals surface area contributed by atoms with Crippen molar-refractivity contribution < 1.29 is 14.7 Å². The van der Waals surface area contributed by atoms with E-state index in [1.807, 2.05) is 6.92 Å². The number of nitrogens with zero attached hydrogens (tertiary/aromatic N) is 1. The third-order valence-corrected chi connectivity index (χ3v) is 5.55. The van der Waals surface area contributed by atoms with Crippen LogP contribution in [0.15, 0.2) is 6.07 Å². The molecule has 1 saturated heterocycles. The molecule has 6 heteroatoms. The van der Waals surface area contributed by atoms with Gasteiger partial charge in [-0.1, -0.05) is 6.92 Å². The Morgan fingerprint density at radius 1 is 1.48 bits per heavy atom. The summed E-state index contributed by atoms with van der Waals surface area (Å²) in [5.41, 5.74) is 0.467. The van der Waals surface area contributed by atoms with Crippen molar-refractivity contribution in [1.29, 1.82) is 0 Å². The summed E-state index contributed by atoms with van der Waals surface area (Å²) in [5, 5.41) is 12.2. The predicted molar refractivity (Wildman–Crippen MR) is 82.6 cm³/mol. The second kappa shape index (κ2) is 6.05. The molecule has 5 nitrogen and oxygen atoms in total. The molecule has 1 aliphatic rings. The lowest BCUT2D eigenvalue weighted by Crippen LogP contribution is -2.41. The zero-order valence-corrected chi connectivity index (χ0v) is 13.5. The van der Waals surface area contributed by atoms with Gasteiger partial charge >= 0.3 is 12.0 Å². The molecule has 1 unspecified atom stereocenters. The van der Waals surface area contributed by atoms with Crippen LogP contribution in [0.5, 0.6) is 0 Å². The van der Waals surface area contributed by atoms with E-state index in [-0.39, 0.29) is 6.03 Å². The molecule has 0 aliphatic carbocycles. The molecule has 0 bridgehead atoms. The van der Waals surface area contributed by atoms with Crippen LogP contribution in [0.1, 0.15) is 35.1 Å². The fraction of sp³-hybridized carbons (Fsp3) is 0.600. The van der Waals surface area contributed by atoms with Gasteiger partial charge in [-0.3, -0.25) is 4.79 Å². The Bertz CT molecular complexity index is 536. The zero-order valence-electron chi connectivity index (χ0n) is 12.7. The molecule has 2 amide bonds. The van der Waals surface area contributed by atoms with E-state index < -0.39 is 11.4 Å². The highest BCUT2D eigenvalue weighted by Crippen LogP contribution is 2.34. The molecule has 21 heavy (non-hydrogen) atoms. The van der Waals surface area contributed by atoms with E-state index in [0.717, 1.165) is 4.88 Å². The average Bonchev–Trinajstić information content (AvgIpc) is 3.02. The summed E-state index contributed by atoms with van der Waals surface area (Å²) in [6, 6.07) is 1.91. The third-order valence-electron chi connectivity index (χ3n) is 4.40. The average molecular weight is 310 g/mol. The van der Waals surface area contributed by atoms with E-state index in [4.69, 9.17) is 0 Å². The monoisotopic (exact) mass is 310 g/mol. The van der Waals surface area contributed by atoms with Gasteiger partial charge in [0.1, 0.15) is 0 Å². The number of rotatable bonds is 4. The number of aliphatic carboxylic acids is 1. The summed E-state index contributed by atoms with van der Waals surface area (Å²) in [5.74, 6) is -0.801. The minimum atomic E-state index is -0.801. The molecule has 0 spiro atoms. The number of carbonyl (C=O) groups excluding carboxylic acids is 1. The third kappa shape index (κ3) is 3.20. The second-order valence-corrected chi connectivity index (χ2v) is 7.06. The largest absolute Gasteiger partial charge is 0.481 e. The summed E-state index contributed by atoms with van der Waals surface area (Å²) in [7, 11) is 0. The number of hydrogen-bond acceptors (Lipinski definition) is 3. The summed E-state index contributed by atoms with van der Waals surface area (Å²) < 4.78 is 0. The number of nitrogens with one attached hydrogen (secondary N) is 1. The van der Waals surface area contributed by atoms with Gasteiger partial charge in [0.15, 0.2) is 0 Å². The number of carboxylic acid groups (broad SMARTS) is 1. The van der Waals surface area contributed by atoms with Crippen LogP contribution in [0.25, 0.3) is 0 Å². The first-order chi connectivity index (χ1) is 9.88. The minimum Gasteiger partial charge on any atom is -0.481 e. The second-order valence-electron chi connectivity index (χ2n) is 5.72. The van der Waals surface area contributed by atoms with Gasteiger partial charge in [-0.25, -0.2) is 4.79 Å². The van der Waals surface area contributed by atoms with Gasteiger partial charge in [-0.05, 0) is 38.3 Å². The molecule has 0 aromatic carbocycles. The molecular formula is C15H22N2O3S. The van der Waals surface area contributed by atoms with Crippen molar-refractivity contribution >= 4 is 23.3 Å². The van der Waals surface area contributed by atoms with E-state index in [9.17, 15) is 14.7 Å². The Labute approximate surface area is 129 Å². The quantitative estimate of drug-likeness (QED) is 0.898. The SMILES string of the molecule is CCC1(C(=O)O)CCN(C(=O)NCc2cc(C)c(C)s2)C1. The van der Waals surface area contributed by atoms with Crippen molar-refractivity contribution in [3.05, 3.63) is 21.4 Å². The Morgan fingerprint density at radius 2 is 2.19 bits per heavy atom. The Morgan fingerprint density at radius 3 is 2.67 bits per heavy atom. The normalized spacial score (nSPS) is 21.6. The van der Waals surface area contributed by atoms with Crippen molar-refractivity contribution in [2.45, 2.75) is 40.2 Å². The molecular weight excluding hydrogens is 288 g/mol. The Hall–Kier alpha value is -1.56.